The highest BCUT2D eigenvalue weighted by atomic mass is 16.5. The molecule has 2 atom stereocenters. The quantitative estimate of drug-likeness (QED) is 0.889. The van der Waals surface area contributed by atoms with Crippen molar-refractivity contribution in [2.75, 3.05) is 6.54 Å². The number of ether oxygens (including phenoxy) is 1. The summed E-state index contributed by atoms with van der Waals surface area (Å²) in [4.78, 5) is 14.7. The Bertz CT molecular complexity index is 459. The highest BCUT2D eigenvalue weighted by Gasteiger charge is 2.39. The first-order valence-electron chi connectivity index (χ1n) is 7.48. The highest BCUT2D eigenvalue weighted by Crippen LogP contribution is 2.31. The molecule has 2 aliphatic rings. The van der Waals surface area contributed by atoms with Crippen LogP contribution in [0.5, 0.6) is 0 Å². The summed E-state index contributed by atoms with van der Waals surface area (Å²) in [5.41, 5.74) is 6.80. The van der Waals surface area contributed by atoms with E-state index < -0.39 is 0 Å². The van der Waals surface area contributed by atoms with Gasteiger partial charge in [-0.2, -0.15) is 0 Å². The lowest BCUT2D eigenvalue weighted by atomic mass is 10.1. The number of hydrogen-bond acceptors (Lipinski definition) is 3. The van der Waals surface area contributed by atoms with Crippen molar-refractivity contribution >= 4 is 5.91 Å². The molecule has 2 N–H and O–H groups in total. The summed E-state index contributed by atoms with van der Waals surface area (Å²) in [6, 6.07) is 10.6. The van der Waals surface area contributed by atoms with Crippen LogP contribution in [0.15, 0.2) is 30.3 Å². The Balaban J connectivity index is 1.66. The van der Waals surface area contributed by atoms with E-state index in [1.165, 1.54) is 5.56 Å². The summed E-state index contributed by atoms with van der Waals surface area (Å²) in [6.07, 6.45) is 3.71. The molecule has 0 unspecified atom stereocenters. The van der Waals surface area contributed by atoms with E-state index in [1.807, 2.05) is 23.1 Å². The van der Waals surface area contributed by atoms with Crippen molar-refractivity contribution in [2.45, 2.75) is 50.5 Å². The van der Waals surface area contributed by atoms with Crippen LogP contribution in [0.3, 0.4) is 0 Å². The predicted octanol–water partition coefficient (Wildman–Crippen LogP) is 1.68. The third-order valence-electron chi connectivity index (χ3n) is 4.11. The van der Waals surface area contributed by atoms with Gasteiger partial charge in [0.05, 0.1) is 6.10 Å². The van der Waals surface area contributed by atoms with E-state index >= 15 is 0 Å². The Hall–Kier alpha value is -1.39. The number of nitrogens with zero attached hydrogens (tertiary/aromatic N) is 1. The minimum atomic E-state index is -0.284. The van der Waals surface area contributed by atoms with Crippen molar-refractivity contribution in [3.8, 4) is 0 Å². The largest absolute Gasteiger partial charge is 0.364 e. The van der Waals surface area contributed by atoms with Crippen molar-refractivity contribution in [3.05, 3.63) is 35.9 Å². The Morgan fingerprint density at radius 1 is 1.20 bits per heavy atom. The van der Waals surface area contributed by atoms with Crippen molar-refractivity contribution in [1.29, 1.82) is 0 Å². The number of carbonyl (C=O) groups excluding carboxylic acids is 1. The monoisotopic (exact) mass is 274 g/mol. The molecule has 2 fully saturated rings. The molecule has 0 spiro atoms. The molecule has 0 bridgehead atoms. The summed E-state index contributed by atoms with van der Waals surface area (Å²) in [6.45, 7) is 1.20. The second kappa shape index (κ2) is 5.94. The zero-order valence-corrected chi connectivity index (χ0v) is 11.7. The lowest BCUT2D eigenvalue weighted by Crippen LogP contribution is -2.40. The SMILES string of the molecule is NC[C@H]1CC[C@@H](C(=O)N(Cc2ccccc2)C2CC2)O1. The fourth-order valence-electron chi connectivity index (χ4n) is 2.80. The lowest BCUT2D eigenvalue weighted by Gasteiger charge is -2.25. The maximum atomic E-state index is 12.7. The Labute approximate surface area is 119 Å². The van der Waals surface area contributed by atoms with Crippen LogP contribution < -0.4 is 5.73 Å². The Morgan fingerprint density at radius 2 is 1.95 bits per heavy atom. The number of amides is 1. The molecule has 0 aromatic heterocycles. The summed E-state index contributed by atoms with van der Waals surface area (Å²) in [5.74, 6) is 0.146. The van der Waals surface area contributed by atoms with Gasteiger partial charge in [-0.25, -0.2) is 0 Å². The van der Waals surface area contributed by atoms with Gasteiger partial charge in [0.1, 0.15) is 6.10 Å². The molecule has 3 rings (SSSR count). The first kappa shape index (κ1) is 13.6. The van der Waals surface area contributed by atoms with Gasteiger partial charge in [-0.05, 0) is 31.2 Å². The molecule has 1 saturated carbocycles. The fraction of sp³-hybridized carbons (Fsp3) is 0.562. The summed E-state index contributed by atoms with van der Waals surface area (Å²) < 4.78 is 5.75. The zero-order valence-electron chi connectivity index (χ0n) is 11.7. The molecular formula is C16H22N2O2. The van der Waals surface area contributed by atoms with Crippen LogP contribution in [-0.4, -0.2) is 35.6 Å². The molecular weight excluding hydrogens is 252 g/mol. The van der Waals surface area contributed by atoms with Crippen LogP contribution >= 0.6 is 0 Å². The van der Waals surface area contributed by atoms with Crippen LogP contribution in [-0.2, 0) is 16.1 Å². The Morgan fingerprint density at radius 3 is 2.55 bits per heavy atom. The van der Waals surface area contributed by atoms with Gasteiger partial charge in [-0.3, -0.25) is 4.79 Å². The van der Waals surface area contributed by atoms with Gasteiger partial charge in [-0.15, -0.1) is 0 Å². The molecule has 0 radical (unpaired) electrons. The third-order valence-corrected chi connectivity index (χ3v) is 4.11. The van der Waals surface area contributed by atoms with E-state index in [0.717, 1.165) is 25.7 Å². The molecule has 1 aromatic rings. The topological polar surface area (TPSA) is 55.6 Å². The average molecular weight is 274 g/mol. The molecule has 1 saturated heterocycles. The molecule has 1 amide bonds. The molecule has 1 aliphatic heterocycles. The van der Waals surface area contributed by atoms with Crippen molar-refractivity contribution < 1.29 is 9.53 Å². The zero-order chi connectivity index (χ0) is 13.9. The highest BCUT2D eigenvalue weighted by molar-refractivity contribution is 5.81. The van der Waals surface area contributed by atoms with Crippen molar-refractivity contribution in [3.63, 3.8) is 0 Å². The van der Waals surface area contributed by atoms with Gasteiger partial charge in [-0.1, -0.05) is 30.3 Å². The normalized spacial score (nSPS) is 25.6. The first-order chi connectivity index (χ1) is 9.78. The molecule has 1 aromatic carbocycles. The van der Waals surface area contributed by atoms with E-state index in [9.17, 15) is 4.79 Å². The van der Waals surface area contributed by atoms with Crippen LogP contribution in [0.1, 0.15) is 31.2 Å². The van der Waals surface area contributed by atoms with Crippen LogP contribution in [0.25, 0.3) is 0 Å². The Kier molecular flexibility index (Phi) is 4.03. The molecule has 1 aliphatic carbocycles. The van der Waals surface area contributed by atoms with Gasteiger partial charge in [0.25, 0.3) is 5.91 Å². The van der Waals surface area contributed by atoms with E-state index in [-0.39, 0.29) is 18.1 Å². The molecule has 4 nitrogen and oxygen atoms in total. The van der Waals surface area contributed by atoms with E-state index in [1.54, 1.807) is 0 Å². The minimum Gasteiger partial charge on any atom is -0.364 e. The third kappa shape index (κ3) is 3.02. The molecule has 4 heteroatoms. The summed E-state index contributed by atoms with van der Waals surface area (Å²) in [5, 5.41) is 0. The first-order valence-corrected chi connectivity index (χ1v) is 7.48. The standard InChI is InChI=1S/C16H22N2O2/c17-10-14-8-9-15(20-14)16(19)18(13-6-7-13)11-12-4-2-1-3-5-12/h1-5,13-15H,6-11,17H2/t14-,15+/m1/s1. The van der Waals surface area contributed by atoms with Gasteiger partial charge < -0.3 is 15.4 Å². The number of hydrogen-bond donors (Lipinski definition) is 1. The van der Waals surface area contributed by atoms with Gasteiger partial charge in [0, 0.05) is 19.1 Å². The predicted molar refractivity (Wildman–Crippen MR) is 77.0 cm³/mol. The maximum absolute atomic E-state index is 12.7. The minimum absolute atomic E-state index is 0.0572. The second-order valence-corrected chi connectivity index (χ2v) is 5.74. The fourth-order valence-corrected chi connectivity index (χ4v) is 2.80. The van der Waals surface area contributed by atoms with E-state index in [4.69, 9.17) is 10.5 Å². The maximum Gasteiger partial charge on any atom is 0.252 e. The van der Waals surface area contributed by atoms with Crippen LogP contribution in [0, 0.1) is 0 Å². The summed E-state index contributed by atoms with van der Waals surface area (Å²) >= 11 is 0. The van der Waals surface area contributed by atoms with Crippen LogP contribution in [0.2, 0.25) is 0 Å². The van der Waals surface area contributed by atoms with Crippen LogP contribution in [0.4, 0.5) is 0 Å². The second-order valence-electron chi connectivity index (χ2n) is 5.74. The number of nitrogens with two attached hydrogens (primary N) is 1. The van der Waals surface area contributed by atoms with Gasteiger partial charge in [0.2, 0.25) is 0 Å². The molecule has 20 heavy (non-hydrogen) atoms. The molecule has 1 heterocycles. The van der Waals surface area contributed by atoms with E-state index in [2.05, 4.69) is 12.1 Å². The molecule has 108 valence electrons. The number of benzene rings is 1. The number of rotatable bonds is 5. The smallest absolute Gasteiger partial charge is 0.252 e. The van der Waals surface area contributed by atoms with Gasteiger partial charge >= 0.3 is 0 Å². The van der Waals surface area contributed by atoms with Gasteiger partial charge in [0.15, 0.2) is 0 Å². The number of carbonyl (C=O) groups is 1. The average Bonchev–Trinajstić information content (AvgIpc) is 3.21. The van der Waals surface area contributed by atoms with E-state index in [0.29, 0.717) is 19.1 Å². The lowest BCUT2D eigenvalue weighted by molar-refractivity contribution is -0.144. The van der Waals surface area contributed by atoms with Crippen molar-refractivity contribution in [1.82, 2.24) is 4.90 Å². The van der Waals surface area contributed by atoms with Crippen molar-refractivity contribution in [2.24, 2.45) is 5.73 Å². The summed E-state index contributed by atoms with van der Waals surface area (Å²) in [7, 11) is 0.